The van der Waals surface area contributed by atoms with Gasteiger partial charge in [-0.1, -0.05) is 66.7 Å². The third-order valence-corrected chi connectivity index (χ3v) is 7.52. The van der Waals surface area contributed by atoms with Gasteiger partial charge in [-0.3, -0.25) is 14.4 Å². The summed E-state index contributed by atoms with van der Waals surface area (Å²) in [5, 5.41) is 0. The summed E-state index contributed by atoms with van der Waals surface area (Å²) in [6.45, 7) is 0. The average molecular weight is 416 g/mol. The molecule has 0 unspecified atom stereocenters. The molecule has 0 radical (unpaired) electrons. The Bertz CT molecular complexity index is 1090. The summed E-state index contributed by atoms with van der Waals surface area (Å²) < 4.78 is 10.5. The Hall–Kier alpha value is -3.21. The fraction of sp³-hybridized carbons (Fsp3) is 0.346. The Morgan fingerprint density at radius 1 is 0.935 bits per heavy atom. The molecule has 3 aliphatic rings. The first-order valence-electron chi connectivity index (χ1n) is 10.6. The molecule has 0 heterocycles. The second-order valence-corrected chi connectivity index (χ2v) is 8.63. The zero-order valence-electron chi connectivity index (χ0n) is 17.5. The first-order valence-corrected chi connectivity index (χ1v) is 10.6. The smallest absolute Gasteiger partial charge is 0.314 e. The Morgan fingerprint density at radius 2 is 1.65 bits per heavy atom. The molecule has 0 spiro atoms. The summed E-state index contributed by atoms with van der Waals surface area (Å²) >= 11 is 0. The van der Waals surface area contributed by atoms with E-state index in [1.807, 2.05) is 66.7 Å². The third kappa shape index (κ3) is 2.52. The highest BCUT2D eigenvalue weighted by atomic mass is 16.5. The molecule has 6 atom stereocenters. The van der Waals surface area contributed by atoms with Gasteiger partial charge in [0.1, 0.15) is 0 Å². The zero-order valence-corrected chi connectivity index (χ0v) is 17.5. The molecule has 0 aliphatic heterocycles. The number of methoxy groups -OCH3 is 2. The van der Waals surface area contributed by atoms with Crippen molar-refractivity contribution in [3.63, 3.8) is 0 Å². The summed E-state index contributed by atoms with van der Waals surface area (Å²) in [5.41, 5.74) is 1.14. The van der Waals surface area contributed by atoms with Gasteiger partial charge in [0.2, 0.25) is 0 Å². The second kappa shape index (κ2) is 7.19. The predicted molar refractivity (Wildman–Crippen MR) is 113 cm³/mol. The van der Waals surface area contributed by atoms with Gasteiger partial charge >= 0.3 is 11.9 Å². The highest BCUT2D eigenvalue weighted by Crippen LogP contribution is 2.65. The van der Waals surface area contributed by atoms with Crippen LogP contribution in [0.3, 0.4) is 0 Å². The van der Waals surface area contributed by atoms with Gasteiger partial charge in [-0.15, -0.1) is 0 Å². The summed E-state index contributed by atoms with van der Waals surface area (Å²) in [6, 6.07) is 17.3. The normalized spacial score (nSPS) is 32.7. The Kier molecular flexibility index (Phi) is 4.58. The van der Waals surface area contributed by atoms with Crippen LogP contribution in [0.2, 0.25) is 0 Å². The summed E-state index contributed by atoms with van der Waals surface area (Å²) in [5.74, 6) is -3.33. The van der Waals surface area contributed by atoms with E-state index in [1.165, 1.54) is 14.2 Å². The van der Waals surface area contributed by atoms with Gasteiger partial charge < -0.3 is 9.47 Å². The molecule has 5 nitrogen and oxygen atoms in total. The number of ether oxygens (including phenoxy) is 2. The number of hydrogen-bond acceptors (Lipinski definition) is 5. The monoisotopic (exact) mass is 416 g/mol. The quantitative estimate of drug-likeness (QED) is 0.560. The van der Waals surface area contributed by atoms with Crippen LogP contribution in [-0.2, 0) is 19.1 Å². The molecule has 2 aromatic carbocycles. The van der Waals surface area contributed by atoms with Crippen molar-refractivity contribution in [3.05, 3.63) is 83.4 Å². The molecular formula is C26H24O5. The van der Waals surface area contributed by atoms with Crippen molar-refractivity contribution in [1.82, 2.24) is 0 Å². The van der Waals surface area contributed by atoms with Gasteiger partial charge in [0, 0.05) is 11.5 Å². The fourth-order valence-electron chi connectivity index (χ4n) is 6.43. The number of benzene rings is 2. The lowest BCUT2D eigenvalue weighted by Crippen LogP contribution is -2.54. The molecule has 0 N–H and O–H groups in total. The number of hydrogen-bond donors (Lipinski definition) is 0. The molecule has 3 aliphatic carbocycles. The van der Waals surface area contributed by atoms with Gasteiger partial charge in [-0.25, -0.2) is 0 Å². The van der Waals surface area contributed by atoms with E-state index in [4.69, 9.17) is 9.47 Å². The molecule has 5 rings (SSSR count). The lowest BCUT2D eigenvalue weighted by Gasteiger charge is -2.43. The van der Waals surface area contributed by atoms with Gasteiger partial charge in [0.15, 0.2) is 5.78 Å². The topological polar surface area (TPSA) is 69.7 Å². The highest BCUT2D eigenvalue weighted by molar-refractivity contribution is 6.07. The van der Waals surface area contributed by atoms with Crippen molar-refractivity contribution in [3.8, 4) is 0 Å². The molecule has 31 heavy (non-hydrogen) atoms. The summed E-state index contributed by atoms with van der Waals surface area (Å²) in [7, 11) is 2.66. The number of carbonyl (C=O) groups is 3. The number of carbonyl (C=O) groups excluding carboxylic acids is 3. The standard InChI is InChI=1S/C26H24O5/c1-30-24(28)21-16-12-13-17(14-16)26(21,25(29)31-2)22-20(15-8-4-3-5-9-15)18-10-6-7-11-19(18)23(22)27/h3-13,16-17,20-22H,14H2,1-2H3/t16-,17+,20-,21-,22+,26+/m1/s1. The van der Waals surface area contributed by atoms with Crippen LogP contribution in [0.15, 0.2) is 66.7 Å². The minimum Gasteiger partial charge on any atom is -0.469 e. The molecule has 1 fully saturated rings. The van der Waals surface area contributed by atoms with Gasteiger partial charge in [0.05, 0.1) is 31.5 Å². The largest absolute Gasteiger partial charge is 0.469 e. The van der Waals surface area contributed by atoms with E-state index in [0.29, 0.717) is 12.0 Å². The number of esters is 2. The maximum atomic E-state index is 13.9. The third-order valence-electron chi connectivity index (χ3n) is 7.52. The molecule has 0 aromatic heterocycles. The van der Waals surface area contributed by atoms with Crippen molar-refractivity contribution < 1.29 is 23.9 Å². The predicted octanol–water partition coefficient (Wildman–Crippen LogP) is 3.79. The Balaban J connectivity index is 1.79. The number of ketones is 1. The minimum absolute atomic E-state index is 0.107. The molecule has 5 heteroatoms. The summed E-state index contributed by atoms with van der Waals surface area (Å²) in [4.78, 5) is 40.6. The van der Waals surface area contributed by atoms with Crippen LogP contribution in [0.4, 0.5) is 0 Å². The van der Waals surface area contributed by atoms with Crippen molar-refractivity contribution in [2.75, 3.05) is 14.2 Å². The van der Waals surface area contributed by atoms with Crippen molar-refractivity contribution in [2.24, 2.45) is 29.1 Å². The van der Waals surface area contributed by atoms with Crippen LogP contribution >= 0.6 is 0 Å². The maximum Gasteiger partial charge on any atom is 0.314 e. The van der Waals surface area contributed by atoms with E-state index in [0.717, 1.165) is 11.1 Å². The van der Waals surface area contributed by atoms with Gasteiger partial charge in [-0.2, -0.15) is 0 Å². The molecule has 2 bridgehead atoms. The van der Waals surface area contributed by atoms with Crippen molar-refractivity contribution in [1.29, 1.82) is 0 Å². The SMILES string of the molecule is COC(=O)[C@H]1[C@@H]2C=C[C@@H](C2)[C@@]1(C(=O)OC)[C@@H]1C(=O)c2ccccc2[C@H]1c1ccccc1. The first kappa shape index (κ1) is 19.7. The summed E-state index contributed by atoms with van der Waals surface area (Å²) in [6.07, 6.45) is 4.60. The van der Waals surface area contributed by atoms with Gasteiger partial charge in [-0.05, 0) is 29.4 Å². The molecule has 2 aromatic rings. The van der Waals surface area contributed by atoms with Crippen LogP contribution in [-0.4, -0.2) is 31.9 Å². The second-order valence-electron chi connectivity index (χ2n) is 8.63. The molecule has 0 saturated heterocycles. The first-order chi connectivity index (χ1) is 15.1. The van der Waals surface area contributed by atoms with Gasteiger partial charge in [0.25, 0.3) is 0 Å². The van der Waals surface area contributed by atoms with Crippen LogP contribution in [0.5, 0.6) is 0 Å². The van der Waals surface area contributed by atoms with Crippen LogP contribution in [0, 0.1) is 29.1 Å². The lowest BCUT2D eigenvalue weighted by atomic mass is 9.56. The highest BCUT2D eigenvalue weighted by Gasteiger charge is 2.71. The minimum atomic E-state index is -1.31. The molecule has 0 amide bonds. The van der Waals surface area contributed by atoms with E-state index < -0.39 is 29.2 Å². The zero-order chi connectivity index (χ0) is 21.8. The van der Waals surface area contributed by atoms with Crippen LogP contribution in [0.1, 0.15) is 33.8 Å². The lowest BCUT2D eigenvalue weighted by molar-refractivity contribution is -0.171. The van der Waals surface area contributed by atoms with Crippen molar-refractivity contribution in [2.45, 2.75) is 12.3 Å². The van der Waals surface area contributed by atoms with Crippen molar-refractivity contribution >= 4 is 17.7 Å². The number of Topliss-reactive ketones (excluding diaryl/α,β-unsaturated/α-hetero) is 1. The molecular weight excluding hydrogens is 392 g/mol. The van der Waals surface area contributed by atoms with Crippen LogP contribution < -0.4 is 0 Å². The Morgan fingerprint density at radius 3 is 2.35 bits per heavy atom. The van der Waals surface area contributed by atoms with E-state index >= 15 is 0 Å². The number of rotatable bonds is 4. The molecule has 158 valence electrons. The number of fused-ring (bicyclic) bond motifs is 3. The van der Waals surface area contributed by atoms with E-state index in [1.54, 1.807) is 0 Å². The average Bonchev–Trinajstić information content (AvgIpc) is 3.50. The number of allylic oxidation sites excluding steroid dienone is 2. The fourth-order valence-corrected chi connectivity index (χ4v) is 6.43. The van der Waals surface area contributed by atoms with E-state index in [-0.39, 0.29) is 23.5 Å². The molecule has 1 saturated carbocycles. The van der Waals surface area contributed by atoms with E-state index in [2.05, 4.69) is 0 Å². The van der Waals surface area contributed by atoms with Crippen LogP contribution in [0.25, 0.3) is 0 Å². The maximum absolute atomic E-state index is 13.9. The Labute approximate surface area is 181 Å². The van der Waals surface area contributed by atoms with E-state index in [9.17, 15) is 14.4 Å².